The molecular weight excluding hydrogens is 216 g/mol. The van der Waals surface area contributed by atoms with E-state index in [9.17, 15) is 0 Å². The zero-order valence-corrected chi connectivity index (χ0v) is 10.6. The smallest absolute Gasteiger partial charge is 0.00979 e. The van der Waals surface area contributed by atoms with E-state index in [0.717, 1.165) is 19.3 Å². The Labute approximate surface area is 109 Å². The number of hydrogen-bond donors (Lipinski definition) is 0. The summed E-state index contributed by atoms with van der Waals surface area (Å²) in [6, 6.07) is 17.7. The number of rotatable bonds is 3. The molecule has 0 saturated carbocycles. The summed E-state index contributed by atoms with van der Waals surface area (Å²) in [6.07, 6.45) is 5.35. The molecule has 0 fully saturated rings. The van der Waals surface area contributed by atoms with E-state index in [1.54, 1.807) is 0 Å². The van der Waals surface area contributed by atoms with Crippen LogP contribution in [-0.4, -0.2) is 0 Å². The minimum atomic E-state index is 0.546. The zero-order valence-electron chi connectivity index (χ0n) is 10.6. The lowest BCUT2D eigenvalue weighted by Crippen LogP contribution is -2.13. The molecule has 0 radical (unpaired) electrons. The third-order valence-electron chi connectivity index (χ3n) is 3.90. The van der Waals surface area contributed by atoms with Crippen molar-refractivity contribution in [3.63, 3.8) is 0 Å². The molecule has 0 saturated heterocycles. The summed E-state index contributed by atoms with van der Waals surface area (Å²) in [5, 5.41) is 0. The summed E-state index contributed by atoms with van der Waals surface area (Å²) in [6.45, 7) is 3.86. The Balaban J connectivity index is 2.08. The molecule has 3 rings (SSSR count). The lowest BCUT2D eigenvalue weighted by molar-refractivity contribution is 0.699. The van der Waals surface area contributed by atoms with Gasteiger partial charge in [-0.05, 0) is 41.5 Å². The summed E-state index contributed by atoms with van der Waals surface area (Å²) >= 11 is 0. The molecule has 1 aliphatic carbocycles. The summed E-state index contributed by atoms with van der Waals surface area (Å²) in [7, 11) is 0. The Morgan fingerprint density at radius 2 is 1.50 bits per heavy atom. The molecule has 0 aromatic heterocycles. The molecule has 2 aromatic carbocycles. The van der Waals surface area contributed by atoms with Gasteiger partial charge in [-0.25, -0.2) is 0 Å². The van der Waals surface area contributed by atoms with Crippen LogP contribution < -0.4 is 0 Å². The highest BCUT2D eigenvalue weighted by Crippen LogP contribution is 2.39. The lowest BCUT2D eigenvalue weighted by atomic mass is 9.76. The zero-order chi connectivity index (χ0) is 12.4. The Kier molecular flexibility index (Phi) is 3.02. The normalized spacial score (nSPS) is 13.8. The van der Waals surface area contributed by atoms with E-state index in [1.807, 2.05) is 6.08 Å². The van der Waals surface area contributed by atoms with Crippen molar-refractivity contribution in [3.8, 4) is 0 Å². The van der Waals surface area contributed by atoms with Crippen LogP contribution in [0.2, 0.25) is 0 Å². The van der Waals surface area contributed by atoms with Gasteiger partial charge < -0.3 is 0 Å². The van der Waals surface area contributed by atoms with Gasteiger partial charge in [0.1, 0.15) is 0 Å². The van der Waals surface area contributed by atoms with Crippen molar-refractivity contribution in [3.05, 3.63) is 83.4 Å². The van der Waals surface area contributed by atoms with Crippen molar-refractivity contribution in [2.24, 2.45) is 0 Å². The Hall–Kier alpha value is -1.82. The SMILES string of the molecule is C=CCCC1c2ccccc2Cc2ccccc21. The maximum Gasteiger partial charge on any atom is 0.00979 e. The monoisotopic (exact) mass is 234 g/mol. The predicted molar refractivity (Wildman–Crippen MR) is 77.0 cm³/mol. The van der Waals surface area contributed by atoms with E-state index in [4.69, 9.17) is 0 Å². The second kappa shape index (κ2) is 4.81. The molecule has 0 nitrogen and oxygen atoms in total. The van der Waals surface area contributed by atoms with Crippen molar-refractivity contribution in [2.45, 2.75) is 25.2 Å². The average molecular weight is 234 g/mol. The van der Waals surface area contributed by atoms with Crippen LogP contribution in [0.25, 0.3) is 0 Å². The molecule has 18 heavy (non-hydrogen) atoms. The van der Waals surface area contributed by atoms with Crippen LogP contribution in [0.5, 0.6) is 0 Å². The molecule has 1 aliphatic rings. The molecule has 0 aliphatic heterocycles. The largest absolute Gasteiger partial charge is 0.103 e. The van der Waals surface area contributed by atoms with Crippen LogP contribution >= 0.6 is 0 Å². The van der Waals surface area contributed by atoms with Crippen LogP contribution in [0.1, 0.15) is 41.0 Å². The first-order valence-electron chi connectivity index (χ1n) is 6.66. The van der Waals surface area contributed by atoms with Crippen molar-refractivity contribution < 1.29 is 0 Å². The highest BCUT2D eigenvalue weighted by molar-refractivity contribution is 5.48. The van der Waals surface area contributed by atoms with Crippen molar-refractivity contribution >= 4 is 0 Å². The first-order valence-corrected chi connectivity index (χ1v) is 6.66. The van der Waals surface area contributed by atoms with Gasteiger partial charge in [0, 0.05) is 5.92 Å². The second-order valence-electron chi connectivity index (χ2n) is 4.99. The molecule has 0 heterocycles. The topological polar surface area (TPSA) is 0 Å². The number of hydrogen-bond acceptors (Lipinski definition) is 0. The highest BCUT2D eigenvalue weighted by Gasteiger charge is 2.23. The first kappa shape index (κ1) is 11.3. The van der Waals surface area contributed by atoms with Crippen LogP contribution in [0.15, 0.2) is 61.2 Å². The van der Waals surface area contributed by atoms with Crippen molar-refractivity contribution in [1.82, 2.24) is 0 Å². The third-order valence-corrected chi connectivity index (χ3v) is 3.90. The van der Waals surface area contributed by atoms with Crippen LogP contribution in [0, 0.1) is 0 Å². The molecule has 2 aromatic rings. The molecule has 0 spiro atoms. The van der Waals surface area contributed by atoms with Gasteiger partial charge in [-0.15, -0.1) is 6.58 Å². The number of allylic oxidation sites excluding steroid dienone is 1. The van der Waals surface area contributed by atoms with Gasteiger partial charge in [0.2, 0.25) is 0 Å². The van der Waals surface area contributed by atoms with E-state index < -0.39 is 0 Å². The van der Waals surface area contributed by atoms with Crippen molar-refractivity contribution in [1.29, 1.82) is 0 Å². The molecule has 0 bridgehead atoms. The molecule has 0 atom stereocenters. The maximum atomic E-state index is 3.86. The lowest BCUT2D eigenvalue weighted by Gasteiger charge is -2.28. The number of fused-ring (bicyclic) bond motifs is 2. The third kappa shape index (κ3) is 1.88. The maximum absolute atomic E-state index is 3.86. The summed E-state index contributed by atoms with van der Waals surface area (Å²) in [5.41, 5.74) is 6.01. The van der Waals surface area contributed by atoms with Crippen LogP contribution in [0.4, 0.5) is 0 Å². The van der Waals surface area contributed by atoms with E-state index in [0.29, 0.717) is 5.92 Å². The molecular formula is C18H18. The Morgan fingerprint density at radius 3 is 2.06 bits per heavy atom. The average Bonchev–Trinajstić information content (AvgIpc) is 2.43. The fourth-order valence-electron chi connectivity index (χ4n) is 3.04. The summed E-state index contributed by atoms with van der Waals surface area (Å²) < 4.78 is 0. The van der Waals surface area contributed by atoms with E-state index in [-0.39, 0.29) is 0 Å². The molecule has 0 heteroatoms. The minimum Gasteiger partial charge on any atom is -0.103 e. The van der Waals surface area contributed by atoms with Gasteiger partial charge in [-0.2, -0.15) is 0 Å². The standard InChI is InChI=1S/C18H18/c1-2-3-10-18-16-11-6-4-8-14(16)13-15-9-5-7-12-17(15)18/h2,4-9,11-12,18H,1,3,10,13H2. The molecule has 0 N–H and O–H groups in total. The highest BCUT2D eigenvalue weighted by atomic mass is 14.3. The number of benzene rings is 2. The molecule has 0 unspecified atom stereocenters. The van der Waals surface area contributed by atoms with E-state index >= 15 is 0 Å². The summed E-state index contributed by atoms with van der Waals surface area (Å²) in [5.74, 6) is 0.546. The van der Waals surface area contributed by atoms with Crippen LogP contribution in [-0.2, 0) is 6.42 Å². The Morgan fingerprint density at radius 1 is 0.944 bits per heavy atom. The summed E-state index contributed by atoms with van der Waals surface area (Å²) in [4.78, 5) is 0. The quantitative estimate of drug-likeness (QED) is 0.676. The van der Waals surface area contributed by atoms with Crippen LogP contribution in [0.3, 0.4) is 0 Å². The van der Waals surface area contributed by atoms with Gasteiger partial charge in [0.05, 0.1) is 0 Å². The van der Waals surface area contributed by atoms with Gasteiger partial charge in [-0.3, -0.25) is 0 Å². The van der Waals surface area contributed by atoms with Gasteiger partial charge in [0.15, 0.2) is 0 Å². The fraction of sp³-hybridized carbons (Fsp3) is 0.222. The van der Waals surface area contributed by atoms with Gasteiger partial charge in [0.25, 0.3) is 0 Å². The first-order chi connectivity index (χ1) is 8.90. The van der Waals surface area contributed by atoms with E-state index in [2.05, 4.69) is 55.1 Å². The second-order valence-corrected chi connectivity index (χ2v) is 4.99. The Bertz CT molecular complexity index is 520. The van der Waals surface area contributed by atoms with Gasteiger partial charge in [-0.1, -0.05) is 54.6 Å². The van der Waals surface area contributed by atoms with Crippen molar-refractivity contribution in [2.75, 3.05) is 0 Å². The molecule has 90 valence electrons. The predicted octanol–water partition coefficient (Wildman–Crippen LogP) is 4.69. The fourth-order valence-corrected chi connectivity index (χ4v) is 3.04. The van der Waals surface area contributed by atoms with E-state index in [1.165, 1.54) is 22.3 Å². The van der Waals surface area contributed by atoms with Gasteiger partial charge >= 0.3 is 0 Å². The molecule has 0 amide bonds. The minimum absolute atomic E-state index is 0.546.